The van der Waals surface area contributed by atoms with E-state index < -0.39 is 69.4 Å². The van der Waals surface area contributed by atoms with Crippen molar-refractivity contribution in [3.63, 3.8) is 0 Å². The first kappa shape index (κ1) is 39.3. The SMILES string of the molecule is CCNC(=O)C(=O)C1(NC(=O)[C@@H]2C3C(CN2C(=O)[C@H](NC(=O)N[C@H](CN2C(=O)CC(C)(C)CC2=O)C(C)(C)C)C(C)(C)C)C3(C)C)C[C@H]1CC. The van der Waals surface area contributed by atoms with Crippen LogP contribution < -0.4 is 21.3 Å². The van der Waals surface area contributed by atoms with Crippen molar-refractivity contribution in [2.75, 3.05) is 19.6 Å². The van der Waals surface area contributed by atoms with E-state index in [9.17, 15) is 33.6 Å². The number of Topliss-reactive ketones (excluding diaryl/α,β-unsaturated/α-hetero) is 1. The van der Waals surface area contributed by atoms with Crippen molar-refractivity contribution in [2.24, 2.45) is 39.4 Å². The summed E-state index contributed by atoms with van der Waals surface area (Å²) in [6.07, 6.45) is 1.42. The fourth-order valence-electron chi connectivity index (χ4n) is 8.14. The molecule has 7 amide bonds. The second-order valence-electron chi connectivity index (χ2n) is 18.6. The van der Waals surface area contributed by atoms with Gasteiger partial charge >= 0.3 is 6.03 Å². The van der Waals surface area contributed by atoms with Crippen LogP contribution in [0.25, 0.3) is 0 Å². The molecule has 0 spiro atoms. The molecule has 2 heterocycles. The molecule has 2 saturated carbocycles. The molecule has 2 aliphatic heterocycles. The number of hydrogen-bond acceptors (Lipinski definition) is 7. The first-order valence-corrected chi connectivity index (χ1v) is 18.2. The van der Waals surface area contributed by atoms with E-state index in [1.165, 1.54) is 9.80 Å². The van der Waals surface area contributed by atoms with Gasteiger partial charge in [-0.2, -0.15) is 0 Å². The molecule has 7 atom stereocenters. The number of ketones is 1. The Morgan fingerprint density at radius 1 is 0.880 bits per heavy atom. The number of likely N-dealkylation sites (N-methyl/N-ethyl adjacent to an activating group) is 1. The number of nitrogens with one attached hydrogen (secondary N) is 4. The zero-order valence-electron chi connectivity index (χ0n) is 32.2. The van der Waals surface area contributed by atoms with Crippen LogP contribution in [0.3, 0.4) is 0 Å². The number of piperidine rings is 2. The molecule has 0 aromatic carbocycles. The molecule has 13 heteroatoms. The Morgan fingerprint density at radius 3 is 1.94 bits per heavy atom. The number of fused-ring (bicyclic) bond motifs is 1. The van der Waals surface area contributed by atoms with E-state index in [4.69, 9.17) is 0 Å². The summed E-state index contributed by atoms with van der Waals surface area (Å²) in [5.41, 5.74) is -3.24. The Morgan fingerprint density at radius 2 is 1.46 bits per heavy atom. The minimum atomic E-state index is -1.30. The zero-order chi connectivity index (χ0) is 37.9. The lowest BCUT2D eigenvalue weighted by Crippen LogP contribution is -2.63. The van der Waals surface area contributed by atoms with Crippen molar-refractivity contribution in [2.45, 2.75) is 132 Å². The maximum absolute atomic E-state index is 14.5. The molecule has 0 bridgehead atoms. The summed E-state index contributed by atoms with van der Waals surface area (Å²) in [6, 6.07) is -3.16. The van der Waals surface area contributed by atoms with Crippen LogP contribution in [0.2, 0.25) is 0 Å². The van der Waals surface area contributed by atoms with E-state index in [2.05, 4.69) is 35.1 Å². The highest BCUT2D eigenvalue weighted by Gasteiger charge is 2.71. The average Bonchev–Trinajstić information content (AvgIpc) is 3.72. The van der Waals surface area contributed by atoms with E-state index in [1.807, 2.05) is 62.3 Å². The number of hydrogen-bond donors (Lipinski definition) is 4. The predicted molar refractivity (Wildman–Crippen MR) is 187 cm³/mol. The predicted octanol–water partition coefficient (Wildman–Crippen LogP) is 2.76. The molecule has 4 aliphatic rings. The molecule has 50 heavy (non-hydrogen) atoms. The van der Waals surface area contributed by atoms with Crippen LogP contribution in [0.15, 0.2) is 0 Å². The highest BCUT2D eigenvalue weighted by molar-refractivity contribution is 6.41. The fraction of sp³-hybridized carbons (Fsp3) is 0.811. The van der Waals surface area contributed by atoms with E-state index in [0.717, 1.165) is 0 Å². The number of carbonyl (C=O) groups is 7. The topological polar surface area (TPSA) is 174 Å². The third-order valence-electron chi connectivity index (χ3n) is 11.6. The van der Waals surface area contributed by atoms with E-state index in [-0.39, 0.29) is 60.9 Å². The molecule has 280 valence electrons. The first-order valence-electron chi connectivity index (χ1n) is 18.2. The maximum Gasteiger partial charge on any atom is 0.315 e. The molecular formula is C37H60N6O7. The highest BCUT2D eigenvalue weighted by atomic mass is 16.2. The highest BCUT2D eigenvalue weighted by Crippen LogP contribution is 2.65. The van der Waals surface area contributed by atoms with Crippen molar-refractivity contribution in [3.8, 4) is 0 Å². The monoisotopic (exact) mass is 700 g/mol. The van der Waals surface area contributed by atoms with Gasteiger partial charge in [-0.25, -0.2) is 4.79 Å². The average molecular weight is 701 g/mol. The molecule has 0 aromatic heterocycles. The van der Waals surface area contributed by atoms with E-state index >= 15 is 0 Å². The molecule has 2 saturated heterocycles. The smallest absolute Gasteiger partial charge is 0.315 e. The van der Waals surface area contributed by atoms with Gasteiger partial charge in [0.05, 0.1) is 6.04 Å². The van der Waals surface area contributed by atoms with Crippen LogP contribution in [-0.4, -0.2) is 94.4 Å². The van der Waals surface area contributed by atoms with Crippen LogP contribution in [-0.2, 0) is 28.8 Å². The number of amides is 7. The normalized spacial score (nSPS) is 29.4. The van der Waals surface area contributed by atoms with E-state index in [1.54, 1.807) is 6.92 Å². The minimum Gasteiger partial charge on any atom is -0.350 e. The lowest BCUT2D eigenvalue weighted by molar-refractivity contribution is -0.153. The van der Waals surface area contributed by atoms with Crippen molar-refractivity contribution in [1.29, 1.82) is 0 Å². The number of imide groups is 1. The summed E-state index contributed by atoms with van der Waals surface area (Å²) < 4.78 is 0. The molecule has 2 aliphatic carbocycles. The van der Waals surface area contributed by atoms with E-state index in [0.29, 0.717) is 19.4 Å². The number of likely N-dealkylation sites (tertiary alicyclic amines) is 2. The molecule has 4 rings (SSSR count). The summed E-state index contributed by atoms with van der Waals surface area (Å²) in [6.45, 7) is 23.3. The number of carbonyl (C=O) groups excluding carboxylic acids is 7. The number of rotatable bonds is 11. The Kier molecular flexibility index (Phi) is 10.4. The van der Waals surface area contributed by atoms with Gasteiger partial charge in [0.2, 0.25) is 29.4 Å². The van der Waals surface area contributed by atoms with Crippen LogP contribution in [0, 0.1) is 39.4 Å². The lowest BCUT2D eigenvalue weighted by Gasteiger charge is -2.41. The molecule has 4 N–H and O–H groups in total. The van der Waals surface area contributed by atoms with Gasteiger partial charge < -0.3 is 26.2 Å². The quantitative estimate of drug-likeness (QED) is 0.189. The Balaban J connectivity index is 1.54. The first-order chi connectivity index (χ1) is 22.8. The lowest BCUT2D eigenvalue weighted by atomic mass is 9.80. The Hall–Kier alpha value is -3.51. The molecule has 4 fully saturated rings. The van der Waals surface area contributed by atoms with Crippen LogP contribution in [0.5, 0.6) is 0 Å². The van der Waals surface area contributed by atoms with Gasteiger partial charge in [-0.05, 0) is 52.8 Å². The number of urea groups is 1. The van der Waals surface area contributed by atoms with Gasteiger partial charge in [-0.1, -0.05) is 82.6 Å². The second kappa shape index (κ2) is 13.2. The van der Waals surface area contributed by atoms with Gasteiger partial charge in [0.15, 0.2) is 0 Å². The summed E-state index contributed by atoms with van der Waals surface area (Å²) in [5.74, 6) is -3.12. The van der Waals surface area contributed by atoms with Crippen LogP contribution in [0.1, 0.15) is 109 Å². The number of nitrogens with zero attached hydrogens (tertiary/aromatic N) is 2. The van der Waals surface area contributed by atoms with Gasteiger partial charge in [-0.3, -0.25) is 33.7 Å². The fourth-order valence-corrected chi connectivity index (χ4v) is 8.14. The zero-order valence-corrected chi connectivity index (χ0v) is 32.2. The molecule has 3 unspecified atom stereocenters. The van der Waals surface area contributed by atoms with Gasteiger partial charge in [0.25, 0.3) is 5.91 Å². The van der Waals surface area contributed by atoms with Crippen molar-refractivity contribution in [3.05, 3.63) is 0 Å². The molecule has 0 radical (unpaired) electrons. The summed E-state index contributed by atoms with van der Waals surface area (Å²) >= 11 is 0. The third kappa shape index (κ3) is 7.56. The van der Waals surface area contributed by atoms with Crippen molar-refractivity contribution < 1.29 is 33.6 Å². The molecule has 13 nitrogen and oxygen atoms in total. The third-order valence-corrected chi connectivity index (χ3v) is 11.6. The summed E-state index contributed by atoms with van der Waals surface area (Å²) in [4.78, 5) is 96.9. The standard InChI is InChI=1S/C37H60N6O7/c1-13-20-15-37(20,28(46)30(48)38-14-2)41-29(47)26-25-21(36(25,11)12)18-43(26)31(49)27(34(6,7)8)40-32(50)39-22(33(3,4)5)19-42-23(44)16-35(9,10)17-24(42)45/h20-22,25-27H,13-19H2,1-12H3,(H,38,48)(H,41,47)(H2,39,40,50)/t20-,21?,22-,25?,26+,27+,37?/m1/s1. The Labute approximate surface area is 297 Å². The van der Waals surface area contributed by atoms with Gasteiger partial charge in [0, 0.05) is 32.5 Å². The largest absolute Gasteiger partial charge is 0.350 e. The second-order valence-corrected chi connectivity index (χ2v) is 18.6. The molecular weight excluding hydrogens is 640 g/mol. The summed E-state index contributed by atoms with van der Waals surface area (Å²) in [7, 11) is 0. The Bertz CT molecular complexity index is 1420. The van der Waals surface area contributed by atoms with Gasteiger partial charge in [0.1, 0.15) is 17.6 Å². The van der Waals surface area contributed by atoms with Crippen LogP contribution >= 0.6 is 0 Å². The van der Waals surface area contributed by atoms with Crippen molar-refractivity contribution >= 4 is 41.4 Å². The van der Waals surface area contributed by atoms with Crippen molar-refractivity contribution in [1.82, 2.24) is 31.1 Å². The summed E-state index contributed by atoms with van der Waals surface area (Å²) in [5, 5.41) is 11.3. The molecule has 0 aromatic rings. The van der Waals surface area contributed by atoms with Crippen LogP contribution in [0.4, 0.5) is 4.79 Å². The van der Waals surface area contributed by atoms with Gasteiger partial charge in [-0.15, -0.1) is 0 Å². The minimum absolute atomic E-state index is 0.00110. The maximum atomic E-state index is 14.5.